The highest BCUT2D eigenvalue weighted by atomic mass is 31.2. The zero-order valence-electron chi connectivity index (χ0n) is 11.2. The van der Waals surface area contributed by atoms with Gasteiger partial charge in [-0.1, -0.05) is 18.2 Å². The van der Waals surface area contributed by atoms with E-state index in [1.54, 1.807) is 18.3 Å². The minimum Gasteiger partial charge on any atom is -0.790 e. The molecule has 9 nitrogen and oxygen atoms in total. The van der Waals surface area contributed by atoms with Gasteiger partial charge in [-0.05, 0) is 6.07 Å². The van der Waals surface area contributed by atoms with Crippen LogP contribution in [0, 0.1) is 0 Å². The van der Waals surface area contributed by atoms with Gasteiger partial charge in [0.2, 0.25) is 0 Å². The van der Waals surface area contributed by atoms with Crippen molar-refractivity contribution in [3.63, 3.8) is 0 Å². The van der Waals surface area contributed by atoms with E-state index >= 15 is 0 Å². The number of aliphatic hydroxyl groups excluding tert-OH is 2. The number of benzene rings is 1. The molecule has 22 heavy (non-hydrogen) atoms. The number of hydrogen-bond donors (Lipinski definition) is 2. The minimum absolute atomic E-state index is 0.668. The van der Waals surface area contributed by atoms with Gasteiger partial charge in [-0.25, -0.2) is 4.68 Å². The van der Waals surface area contributed by atoms with Gasteiger partial charge in [-0.3, -0.25) is 0 Å². The van der Waals surface area contributed by atoms with E-state index in [9.17, 15) is 24.6 Å². The Morgan fingerprint density at radius 1 is 1.32 bits per heavy atom. The SMILES string of the molecule is O=P([O-])([O-])OC[C@H]1O[C@@H](n2ncc3ccccc32)[C@H](O)[C@@H]1O. The molecule has 4 atom stereocenters. The van der Waals surface area contributed by atoms with Gasteiger partial charge in [-0.15, -0.1) is 0 Å². The Bertz CT molecular complexity index is 714. The summed E-state index contributed by atoms with van der Waals surface area (Å²) >= 11 is 0. The Balaban J connectivity index is 1.82. The van der Waals surface area contributed by atoms with Crippen molar-refractivity contribution in [2.75, 3.05) is 6.61 Å². The number of nitrogens with zero attached hydrogens (tertiary/aromatic N) is 2. The second-order valence-electron chi connectivity index (χ2n) is 4.94. The number of para-hydroxylation sites is 1. The molecule has 2 aromatic rings. The van der Waals surface area contributed by atoms with E-state index in [4.69, 9.17) is 4.74 Å². The van der Waals surface area contributed by atoms with Crippen LogP contribution >= 0.6 is 7.82 Å². The predicted octanol–water partition coefficient (Wildman–Crippen LogP) is -1.50. The second kappa shape index (κ2) is 5.71. The first kappa shape index (κ1) is 15.6. The molecule has 0 radical (unpaired) electrons. The number of fused-ring (bicyclic) bond motifs is 1. The molecule has 1 aliphatic rings. The van der Waals surface area contributed by atoms with Crippen molar-refractivity contribution in [1.29, 1.82) is 0 Å². The third-order valence-electron chi connectivity index (χ3n) is 3.48. The Morgan fingerprint density at radius 3 is 2.77 bits per heavy atom. The lowest BCUT2D eigenvalue weighted by Gasteiger charge is -2.30. The van der Waals surface area contributed by atoms with Crippen LogP contribution in [0.2, 0.25) is 0 Å². The van der Waals surface area contributed by atoms with Crippen molar-refractivity contribution in [2.45, 2.75) is 24.5 Å². The third kappa shape index (κ3) is 2.92. The Morgan fingerprint density at radius 2 is 2.05 bits per heavy atom. The summed E-state index contributed by atoms with van der Waals surface area (Å²) in [5, 5.41) is 24.9. The first-order valence-corrected chi connectivity index (χ1v) is 7.93. The summed E-state index contributed by atoms with van der Waals surface area (Å²) in [6, 6.07) is 7.19. The molecule has 10 heteroatoms. The van der Waals surface area contributed by atoms with Crippen molar-refractivity contribution in [3.05, 3.63) is 30.5 Å². The van der Waals surface area contributed by atoms with Crippen LogP contribution in [0.4, 0.5) is 0 Å². The first-order valence-electron chi connectivity index (χ1n) is 6.47. The van der Waals surface area contributed by atoms with Crippen LogP contribution in [0.3, 0.4) is 0 Å². The summed E-state index contributed by atoms with van der Waals surface area (Å²) in [7, 11) is -5.18. The van der Waals surface area contributed by atoms with Gasteiger partial charge in [0, 0.05) is 5.39 Å². The number of rotatable bonds is 4. The van der Waals surface area contributed by atoms with Crippen LogP contribution in [-0.2, 0) is 13.8 Å². The quantitative estimate of drug-likeness (QED) is 0.646. The highest BCUT2D eigenvalue weighted by Gasteiger charge is 2.44. The van der Waals surface area contributed by atoms with Crippen molar-refractivity contribution in [2.24, 2.45) is 0 Å². The van der Waals surface area contributed by atoms with E-state index in [1.165, 1.54) is 4.68 Å². The molecule has 1 aromatic carbocycles. The van der Waals surface area contributed by atoms with Crippen molar-refractivity contribution in [1.82, 2.24) is 9.78 Å². The maximum Gasteiger partial charge on any atom is 0.179 e. The molecule has 2 N–H and O–H groups in total. The molecule has 1 saturated heterocycles. The molecular weight excluding hydrogens is 315 g/mol. The highest BCUT2D eigenvalue weighted by molar-refractivity contribution is 7.43. The topological polar surface area (TPSA) is 140 Å². The van der Waals surface area contributed by atoms with Crippen molar-refractivity contribution < 1.29 is 33.8 Å². The molecule has 0 bridgehead atoms. The van der Waals surface area contributed by atoms with E-state index in [1.807, 2.05) is 12.1 Å². The summed E-state index contributed by atoms with van der Waals surface area (Å²) < 4.78 is 21.4. The van der Waals surface area contributed by atoms with Gasteiger partial charge >= 0.3 is 0 Å². The summed E-state index contributed by atoms with van der Waals surface area (Å²) in [6.07, 6.45) is -3.33. The third-order valence-corrected chi connectivity index (χ3v) is 3.95. The number of hydrogen-bond acceptors (Lipinski definition) is 8. The zero-order valence-corrected chi connectivity index (χ0v) is 12.1. The maximum atomic E-state index is 10.5. The van der Waals surface area contributed by atoms with Crippen LogP contribution in [0.1, 0.15) is 6.23 Å². The van der Waals surface area contributed by atoms with Crippen LogP contribution in [0.25, 0.3) is 10.9 Å². The van der Waals surface area contributed by atoms with E-state index in [0.29, 0.717) is 5.52 Å². The van der Waals surface area contributed by atoms with E-state index in [0.717, 1.165) is 5.39 Å². The first-order chi connectivity index (χ1) is 10.4. The molecule has 1 fully saturated rings. The maximum absolute atomic E-state index is 10.5. The summed E-state index contributed by atoms with van der Waals surface area (Å²) in [6.45, 7) is -0.668. The van der Waals surface area contributed by atoms with Crippen molar-refractivity contribution in [3.8, 4) is 0 Å². The zero-order chi connectivity index (χ0) is 15.9. The highest BCUT2D eigenvalue weighted by Crippen LogP contribution is 2.34. The molecule has 0 amide bonds. The average Bonchev–Trinajstić information content (AvgIpc) is 3.00. The van der Waals surface area contributed by atoms with Gasteiger partial charge in [0.1, 0.15) is 18.3 Å². The number of phosphoric acid groups is 1. The summed E-state index contributed by atoms with van der Waals surface area (Å²) in [4.78, 5) is 21.0. The van der Waals surface area contributed by atoms with Crippen LogP contribution in [0.5, 0.6) is 0 Å². The van der Waals surface area contributed by atoms with Crippen LogP contribution < -0.4 is 9.79 Å². The standard InChI is InChI=1S/C12H15N2O7P/c15-10-9(6-20-22(17,18)19)21-12(11(10)16)14-8-4-2-1-3-7(8)5-13-14/h1-5,9-12,15-16H,6H2,(H2,17,18,19)/p-2/t9-,10-,11-,12-/m1/s1. The number of aromatic nitrogens is 2. The van der Waals surface area contributed by atoms with Crippen molar-refractivity contribution >= 4 is 18.7 Å². The number of phosphoric ester groups is 1. The van der Waals surface area contributed by atoms with Gasteiger partial charge in [0.05, 0.1) is 26.1 Å². The fourth-order valence-corrected chi connectivity index (χ4v) is 2.76. The Hall–Kier alpha value is -1.32. The van der Waals surface area contributed by atoms with E-state index in [-0.39, 0.29) is 0 Å². The average molecular weight is 328 g/mol. The molecule has 0 spiro atoms. The monoisotopic (exact) mass is 328 g/mol. The lowest BCUT2D eigenvalue weighted by atomic mass is 10.1. The summed E-state index contributed by atoms with van der Waals surface area (Å²) in [5.74, 6) is 0. The van der Waals surface area contributed by atoms with E-state index in [2.05, 4.69) is 9.62 Å². The van der Waals surface area contributed by atoms with E-state index < -0.39 is 39.0 Å². The van der Waals surface area contributed by atoms with Gasteiger partial charge < -0.3 is 33.8 Å². The molecule has 0 aliphatic carbocycles. The molecule has 1 aromatic heterocycles. The Labute approximate surface area is 124 Å². The van der Waals surface area contributed by atoms with Gasteiger partial charge in [0.25, 0.3) is 0 Å². The second-order valence-corrected chi connectivity index (χ2v) is 6.09. The van der Waals surface area contributed by atoms with Crippen LogP contribution in [0.15, 0.2) is 30.5 Å². The predicted molar refractivity (Wildman–Crippen MR) is 69.2 cm³/mol. The minimum atomic E-state index is -5.18. The molecule has 2 heterocycles. The molecule has 0 unspecified atom stereocenters. The normalized spacial score (nSPS) is 29.3. The molecule has 1 aliphatic heterocycles. The number of aliphatic hydroxyl groups is 2. The lowest BCUT2D eigenvalue weighted by Crippen LogP contribution is -2.34. The Kier molecular flexibility index (Phi) is 4.04. The fourth-order valence-electron chi connectivity index (χ4n) is 2.43. The molecule has 0 saturated carbocycles. The lowest BCUT2D eigenvalue weighted by molar-refractivity contribution is -0.343. The molecular formula is C12H13N2O7P-2. The fraction of sp³-hybridized carbons (Fsp3) is 0.417. The molecule has 120 valence electrons. The molecule has 3 rings (SSSR count). The van der Waals surface area contributed by atoms with Gasteiger partial charge in [-0.2, -0.15) is 5.10 Å². The largest absolute Gasteiger partial charge is 0.790 e. The number of ether oxygens (including phenoxy) is 1. The smallest absolute Gasteiger partial charge is 0.179 e. The van der Waals surface area contributed by atoms with Crippen LogP contribution in [-0.4, -0.2) is 44.9 Å². The summed E-state index contributed by atoms with van der Waals surface area (Å²) in [5.41, 5.74) is 0.679. The van der Waals surface area contributed by atoms with Gasteiger partial charge in [0.15, 0.2) is 6.23 Å².